The maximum Gasteiger partial charge on any atom is 0.284 e. The van der Waals surface area contributed by atoms with Crippen LogP contribution in [0.1, 0.15) is 5.56 Å². The number of para-hydroxylation sites is 2. The molecule has 0 saturated heterocycles. The summed E-state index contributed by atoms with van der Waals surface area (Å²) in [6, 6.07) is 9.81. The zero-order valence-corrected chi connectivity index (χ0v) is 13.3. The molecule has 0 aliphatic carbocycles. The molecule has 1 heterocycles. The number of phenols is 2. The van der Waals surface area contributed by atoms with Crippen molar-refractivity contribution in [2.24, 2.45) is 5.10 Å². The van der Waals surface area contributed by atoms with Crippen LogP contribution in [0.4, 0.5) is 0 Å². The van der Waals surface area contributed by atoms with Crippen LogP contribution in [0.3, 0.4) is 0 Å². The number of hydrazone groups is 1. The number of carbonyl (C=O) groups is 1. The van der Waals surface area contributed by atoms with Crippen LogP contribution in [0, 0.1) is 0 Å². The number of nitrogens with one attached hydrogen (secondary N) is 1. The van der Waals surface area contributed by atoms with Gasteiger partial charge in [-0.25, -0.2) is 5.43 Å². The summed E-state index contributed by atoms with van der Waals surface area (Å²) in [5.41, 5.74) is 2.77. The first kappa shape index (κ1) is 16.4. The van der Waals surface area contributed by atoms with Gasteiger partial charge in [0.25, 0.3) is 5.91 Å². The van der Waals surface area contributed by atoms with Crippen molar-refractivity contribution in [2.45, 2.75) is 6.10 Å². The lowest BCUT2D eigenvalue weighted by atomic mass is 10.2. The minimum Gasteiger partial charge on any atom is -0.504 e. The summed E-state index contributed by atoms with van der Waals surface area (Å²) in [5.74, 6) is -0.0234. The number of fused-ring (bicyclic) bond motifs is 1. The molecule has 8 heteroatoms. The van der Waals surface area contributed by atoms with Crippen LogP contribution in [0.25, 0.3) is 0 Å². The molecule has 3 N–H and O–H groups in total. The Labute approximate surface area is 143 Å². The Hall–Kier alpha value is -3.42. The second-order valence-electron chi connectivity index (χ2n) is 5.19. The van der Waals surface area contributed by atoms with Gasteiger partial charge in [0, 0.05) is 5.56 Å². The van der Waals surface area contributed by atoms with Gasteiger partial charge in [-0.1, -0.05) is 12.1 Å². The van der Waals surface area contributed by atoms with E-state index in [9.17, 15) is 15.0 Å². The predicted molar refractivity (Wildman–Crippen MR) is 88.4 cm³/mol. The maximum absolute atomic E-state index is 12.1. The average Bonchev–Trinajstić information content (AvgIpc) is 2.63. The number of carbonyl (C=O) groups excluding carboxylic acids is 1. The Balaban J connectivity index is 1.63. The Morgan fingerprint density at radius 1 is 1.32 bits per heavy atom. The third-order valence-corrected chi connectivity index (χ3v) is 3.49. The summed E-state index contributed by atoms with van der Waals surface area (Å²) in [5, 5.41) is 23.0. The Bertz CT molecular complexity index is 821. The van der Waals surface area contributed by atoms with E-state index in [0.29, 0.717) is 17.1 Å². The third-order valence-electron chi connectivity index (χ3n) is 3.49. The number of ether oxygens (including phenoxy) is 3. The van der Waals surface area contributed by atoms with Crippen molar-refractivity contribution < 1.29 is 29.2 Å². The zero-order valence-electron chi connectivity index (χ0n) is 13.3. The lowest BCUT2D eigenvalue weighted by molar-refractivity contribution is -0.130. The molecule has 0 bridgehead atoms. The van der Waals surface area contributed by atoms with Gasteiger partial charge < -0.3 is 24.4 Å². The van der Waals surface area contributed by atoms with Crippen LogP contribution >= 0.6 is 0 Å². The Morgan fingerprint density at radius 2 is 2.08 bits per heavy atom. The molecule has 3 rings (SSSR count). The fourth-order valence-corrected chi connectivity index (χ4v) is 2.24. The van der Waals surface area contributed by atoms with Gasteiger partial charge >= 0.3 is 0 Å². The fourth-order valence-electron chi connectivity index (χ4n) is 2.24. The SMILES string of the molecule is COc1cc(/C=N/NC(=O)[C@@H]2COc3ccccc3O2)cc(O)c1O. The first-order chi connectivity index (χ1) is 12.1. The van der Waals surface area contributed by atoms with Crippen molar-refractivity contribution in [1.29, 1.82) is 0 Å². The van der Waals surface area contributed by atoms with Crippen LogP contribution < -0.4 is 19.6 Å². The van der Waals surface area contributed by atoms with Gasteiger partial charge in [-0.05, 0) is 24.3 Å². The highest BCUT2D eigenvalue weighted by atomic mass is 16.6. The zero-order chi connectivity index (χ0) is 17.8. The molecule has 2 aromatic rings. The smallest absolute Gasteiger partial charge is 0.284 e. The number of aromatic hydroxyl groups is 2. The van der Waals surface area contributed by atoms with E-state index < -0.39 is 12.0 Å². The van der Waals surface area contributed by atoms with E-state index >= 15 is 0 Å². The molecular formula is C17H16N2O6. The number of hydrogen-bond acceptors (Lipinski definition) is 7. The first-order valence-electron chi connectivity index (χ1n) is 7.40. The molecule has 2 aromatic carbocycles. The maximum atomic E-state index is 12.1. The molecule has 0 saturated carbocycles. The van der Waals surface area contributed by atoms with Crippen molar-refractivity contribution in [3.05, 3.63) is 42.0 Å². The molecule has 8 nitrogen and oxygen atoms in total. The van der Waals surface area contributed by atoms with Crippen LogP contribution in [-0.2, 0) is 4.79 Å². The van der Waals surface area contributed by atoms with Gasteiger partial charge in [0.2, 0.25) is 11.9 Å². The molecule has 1 amide bonds. The largest absolute Gasteiger partial charge is 0.504 e. The molecule has 1 atom stereocenters. The number of hydrogen-bond donors (Lipinski definition) is 3. The second kappa shape index (κ2) is 7.00. The fraction of sp³-hybridized carbons (Fsp3) is 0.176. The predicted octanol–water partition coefficient (Wildman–Crippen LogP) is 1.40. The average molecular weight is 344 g/mol. The van der Waals surface area contributed by atoms with E-state index in [2.05, 4.69) is 10.5 Å². The van der Waals surface area contributed by atoms with E-state index in [1.54, 1.807) is 18.2 Å². The van der Waals surface area contributed by atoms with Crippen LogP contribution in [-0.4, -0.2) is 42.2 Å². The molecule has 0 radical (unpaired) electrons. The highest BCUT2D eigenvalue weighted by Crippen LogP contribution is 2.35. The standard InChI is InChI=1S/C17H16N2O6/c1-23-14-7-10(6-11(20)16(14)21)8-18-19-17(22)15-9-24-12-4-2-3-5-13(12)25-15/h2-8,15,20-21H,9H2,1H3,(H,19,22)/b18-8+/t15-/m0/s1. The van der Waals surface area contributed by atoms with Gasteiger partial charge in [-0.15, -0.1) is 0 Å². The monoisotopic (exact) mass is 344 g/mol. The molecule has 0 aromatic heterocycles. The lowest BCUT2D eigenvalue weighted by Gasteiger charge is -2.24. The van der Waals surface area contributed by atoms with Crippen LogP contribution in [0.15, 0.2) is 41.5 Å². The molecule has 0 spiro atoms. The summed E-state index contributed by atoms with van der Waals surface area (Å²) in [7, 11) is 1.36. The van der Waals surface area contributed by atoms with E-state index in [0.717, 1.165) is 0 Å². The van der Waals surface area contributed by atoms with Crippen molar-refractivity contribution in [1.82, 2.24) is 5.43 Å². The Kier molecular flexibility index (Phi) is 4.60. The van der Waals surface area contributed by atoms with Gasteiger partial charge in [0.05, 0.1) is 13.3 Å². The van der Waals surface area contributed by atoms with E-state index in [1.165, 1.54) is 25.5 Å². The normalized spacial score (nSPS) is 15.8. The number of methoxy groups -OCH3 is 1. The minimum atomic E-state index is -0.824. The number of nitrogens with zero attached hydrogens (tertiary/aromatic N) is 1. The summed E-state index contributed by atoms with van der Waals surface area (Å²) in [6.45, 7) is 0.0756. The van der Waals surface area contributed by atoms with Gasteiger partial charge in [-0.3, -0.25) is 4.79 Å². The van der Waals surface area contributed by atoms with Crippen molar-refractivity contribution >= 4 is 12.1 Å². The number of amides is 1. The molecule has 0 fully saturated rings. The molecular weight excluding hydrogens is 328 g/mol. The highest BCUT2D eigenvalue weighted by Gasteiger charge is 2.26. The van der Waals surface area contributed by atoms with Gasteiger partial charge in [0.1, 0.15) is 6.61 Å². The van der Waals surface area contributed by atoms with E-state index in [1.807, 2.05) is 6.07 Å². The van der Waals surface area contributed by atoms with Crippen molar-refractivity contribution in [3.8, 4) is 28.7 Å². The lowest BCUT2D eigenvalue weighted by Crippen LogP contribution is -2.42. The molecule has 1 aliphatic heterocycles. The molecule has 25 heavy (non-hydrogen) atoms. The van der Waals surface area contributed by atoms with E-state index in [4.69, 9.17) is 14.2 Å². The summed E-state index contributed by atoms with van der Waals surface area (Å²) < 4.78 is 16.0. The van der Waals surface area contributed by atoms with Crippen molar-refractivity contribution in [3.63, 3.8) is 0 Å². The molecule has 130 valence electrons. The minimum absolute atomic E-state index is 0.0756. The highest BCUT2D eigenvalue weighted by molar-refractivity contribution is 5.86. The summed E-state index contributed by atoms with van der Waals surface area (Å²) >= 11 is 0. The van der Waals surface area contributed by atoms with Gasteiger partial charge in [-0.2, -0.15) is 5.10 Å². The number of rotatable bonds is 4. The van der Waals surface area contributed by atoms with Crippen LogP contribution in [0.2, 0.25) is 0 Å². The summed E-state index contributed by atoms with van der Waals surface area (Å²) in [6.07, 6.45) is 0.479. The van der Waals surface area contributed by atoms with Gasteiger partial charge in [0.15, 0.2) is 23.0 Å². The second-order valence-corrected chi connectivity index (χ2v) is 5.19. The number of phenolic OH excluding ortho intramolecular Hbond substituents is 2. The summed E-state index contributed by atoms with van der Waals surface area (Å²) in [4.78, 5) is 12.1. The first-order valence-corrected chi connectivity index (χ1v) is 7.40. The molecule has 0 unspecified atom stereocenters. The van der Waals surface area contributed by atoms with Crippen LogP contribution in [0.5, 0.6) is 28.7 Å². The third kappa shape index (κ3) is 3.57. The topological polar surface area (TPSA) is 110 Å². The molecule has 1 aliphatic rings. The Morgan fingerprint density at radius 3 is 2.84 bits per heavy atom. The van der Waals surface area contributed by atoms with E-state index in [-0.39, 0.29) is 23.9 Å². The quantitative estimate of drug-likeness (QED) is 0.439. The van der Waals surface area contributed by atoms with Crippen molar-refractivity contribution in [2.75, 3.05) is 13.7 Å². The number of benzene rings is 2.